The number of rotatable bonds is 10. The van der Waals surface area contributed by atoms with Crippen LogP contribution in [-0.4, -0.2) is 94.1 Å². The number of amides is 2. The van der Waals surface area contributed by atoms with Gasteiger partial charge in [0.2, 0.25) is 12.5 Å². The highest BCUT2D eigenvalue weighted by Crippen LogP contribution is 2.33. The van der Waals surface area contributed by atoms with Crippen LogP contribution in [0.25, 0.3) is 0 Å². The van der Waals surface area contributed by atoms with Gasteiger partial charge >= 0.3 is 22.4 Å². The fourth-order valence-corrected chi connectivity index (χ4v) is 4.65. The molecule has 3 heterocycles. The number of nitrogens with zero attached hydrogens (tertiary/aromatic N) is 4. The monoisotopic (exact) mass is 491 g/mol. The molecule has 15 nitrogen and oxygen atoms in total. The Hall–Kier alpha value is -3.31. The minimum Gasteiger partial charge on any atom is -0.479 e. The largest absolute Gasteiger partial charge is 0.479 e. The van der Waals surface area contributed by atoms with Crippen molar-refractivity contribution >= 4 is 56.2 Å². The predicted octanol–water partition coefficient (Wildman–Crippen LogP) is -1.43. The molecule has 17 heteroatoms. The SMILES string of the molecule is Nc1nc(/C(=N/OCC(=O)O)C(=O)C[C@@H]2C(=O)N(S(=O)(=O)O)[C@@H]2CN2CCOC2=O)cs1. The van der Waals surface area contributed by atoms with Gasteiger partial charge in [0.25, 0.3) is 0 Å². The van der Waals surface area contributed by atoms with Crippen LogP contribution >= 0.6 is 11.3 Å². The first-order valence-electron chi connectivity index (χ1n) is 8.87. The second-order valence-electron chi connectivity index (χ2n) is 6.65. The Balaban J connectivity index is 1.82. The zero-order valence-electron chi connectivity index (χ0n) is 16.1. The Labute approximate surface area is 184 Å². The van der Waals surface area contributed by atoms with Gasteiger partial charge in [0.1, 0.15) is 12.3 Å². The Morgan fingerprint density at radius 2 is 2.12 bits per heavy atom. The highest BCUT2D eigenvalue weighted by Gasteiger charge is 2.55. The first kappa shape index (κ1) is 23.4. The number of aromatic nitrogens is 1. The molecule has 174 valence electrons. The molecule has 0 aromatic carbocycles. The third kappa shape index (κ3) is 4.94. The van der Waals surface area contributed by atoms with Crippen LogP contribution in [0.2, 0.25) is 0 Å². The zero-order chi connectivity index (χ0) is 23.6. The maximum atomic E-state index is 12.9. The quantitative estimate of drug-likeness (QED) is 0.148. The number of carbonyl (C=O) groups is 4. The molecular weight excluding hydrogens is 474 g/mol. The van der Waals surface area contributed by atoms with Gasteiger partial charge in [-0.05, 0) is 0 Å². The van der Waals surface area contributed by atoms with Gasteiger partial charge in [-0.25, -0.2) is 18.9 Å². The summed E-state index contributed by atoms with van der Waals surface area (Å²) < 4.78 is 37.5. The highest BCUT2D eigenvalue weighted by atomic mass is 32.2. The van der Waals surface area contributed by atoms with Gasteiger partial charge in [0.05, 0.1) is 18.5 Å². The molecule has 2 atom stereocenters. The van der Waals surface area contributed by atoms with E-state index in [4.69, 9.17) is 15.6 Å². The molecule has 2 fully saturated rings. The van der Waals surface area contributed by atoms with Crippen molar-refractivity contribution in [3.05, 3.63) is 11.1 Å². The zero-order valence-corrected chi connectivity index (χ0v) is 17.7. The summed E-state index contributed by atoms with van der Waals surface area (Å²) in [5.41, 5.74) is 5.10. The van der Waals surface area contributed by atoms with Crippen molar-refractivity contribution in [2.75, 3.05) is 32.0 Å². The first-order chi connectivity index (χ1) is 15.0. The summed E-state index contributed by atoms with van der Waals surface area (Å²) in [6.45, 7) is -0.946. The molecule has 0 radical (unpaired) electrons. The highest BCUT2D eigenvalue weighted by molar-refractivity contribution is 7.84. The van der Waals surface area contributed by atoms with Crippen LogP contribution in [-0.2, 0) is 34.3 Å². The second-order valence-corrected chi connectivity index (χ2v) is 8.83. The predicted molar refractivity (Wildman–Crippen MR) is 105 cm³/mol. The molecule has 0 aliphatic carbocycles. The standard InChI is InChI=1S/C15H17N5O10S2/c16-14-17-8(6-31-14)12(18-30-5-11(22)23)10(21)3-7-9(4-19-1-2-29-15(19)25)20(13(7)24)32(26,27)28/h6-7,9H,1-5H2,(H2,16,17)(H,22,23)(H,26,27,28)/b18-12-/t7-,9+/m0/s1. The summed E-state index contributed by atoms with van der Waals surface area (Å²) >= 11 is 0.971. The van der Waals surface area contributed by atoms with E-state index in [-0.39, 0.29) is 34.8 Å². The number of oxime groups is 1. The lowest BCUT2D eigenvalue weighted by Crippen LogP contribution is -2.66. The van der Waals surface area contributed by atoms with E-state index in [1.165, 1.54) is 5.38 Å². The maximum Gasteiger partial charge on any atom is 0.410 e. The number of thiazole rings is 1. The summed E-state index contributed by atoms with van der Waals surface area (Å²) in [6.07, 6.45) is -1.31. The van der Waals surface area contributed by atoms with E-state index >= 15 is 0 Å². The molecule has 2 aliphatic heterocycles. The fourth-order valence-electron chi connectivity index (χ4n) is 3.18. The van der Waals surface area contributed by atoms with Crippen LogP contribution in [0.1, 0.15) is 12.1 Å². The summed E-state index contributed by atoms with van der Waals surface area (Å²) in [5.74, 6) is -4.45. The van der Waals surface area contributed by atoms with Crippen LogP contribution in [0, 0.1) is 5.92 Å². The third-order valence-corrected chi connectivity index (χ3v) is 6.20. The van der Waals surface area contributed by atoms with Gasteiger partial charge < -0.3 is 25.3 Å². The molecule has 2 saturated heterocycles. The smallest absolute Gasteiger partial charge is 0.410 e. The number of ether oxygens (including phenoxy) is 1. The molecule has 3 rings (SSSR count). The Morgan fingerprint density at radius 3 is 2.66 bits per heavy atom. The molecule has 0 bridgehead atoms. The number of β-lactam (4-membered cyclic amide) rings is 1. The number of nitrogen functional groups attached to an aromatic ring is 1. The Morgan fingerprint density at radius 1 is 1.41 bits per heavy atom. The molecule has 2 aliphatic rings. The van der Waals surface area contributed by atoms with Crippen LogP contribution < -0.4 is 5.73 Å². The molecule has 0 saturated carbocycles. The van der Waals surface area contributed by atoms with E-state index in [2.05, 4.69) is 15.0 Å². The number of anilines is 1. The first-order valence-corrected chi connectivity index (χ1v) is 11.2. The normalized spacial score (nSPS) is 21.3. The van der Waals surface area contributed by atoms with E-state index in [1.54, 1.807) is 0 Å². The van der Waals surface area contributed by atoms with E-state index < -0.39 is 64.8 Å². The minimum absolute atomic E-state index is 0.0269. The lowest BCUT2D eigenvalue weighted by Gasteiger charge is -2.45. The summed E-state index contributed by atoms with van der Waals surface area (Å²) in [4.78, 5) is 57.2. The average molecular weight is 491 g/mol. The Bertz CT molecular complexity index is 1080. The van der Waals surface area contributed by atoms with Crippen LogP contribution in [0.5, 0.6) is 0 Å². The number of nitrogens with two attached hydrogens (primary N) is 1. The molecule has 4 N–H and O–H groups in total. The van der Waals surface area contributed by atoms with Crippen molar-refractivity contribution in [1.29, 1.82) is 0 Å². The van der Waals surface area contributed by atoms with E-state index in [1.807, 2.05) is 0 Å². The number of aliphatic carboxylic acids is 1. The third-order valence-electron chi connectivity index (χ3n) is 4.58. The van der Waals surface area contributed by atoms with E-state index in [9.17, 15) is 32.1 Å². The van der Waals surface area contributed by atoms with Gasteiger partial charge in [-0.2, -0.15) is 8.42 Å². The molecule has 1 aromatic rings. The molecule has 0 unspecified atom stereocenters. The molecular formula is C15H17N5O10S2. The van der Waals surface area contributed by atoms with E-state index in [0.29, 0.717) is 0 Å². The van der Waals surface area contributed by atoms with Gasteiger partial charge in [-0.15, -0.1) is 11.3 Å². The van der Waals surface area contributed by atoms with E-state index in [0.717, 1.165) is 16.2 Å². The summed E-state index contributed by atoms with van der Waals surface area (Å²) in [5, 5.41) is 13.6. The summed E-state index contributed by atoms with van der Waals surface area (Å²) in [7, 11) is -4.94. The number of carbonyl (C=O) groups excluding carboxylic acids is 3. The van der Waals surface area contributed by atoms with Crippen molar-refractivity contribution in [2.24, 2.45) is 11.1 Å². The molecule has 32 heavy (non-hydrogen) atoms. The van der Waals surface area contributed by atoms with Crippen molar-refractivity contribution in [1.82, 2.24) is 14.2 Å². The number of ketones is 1. The average Bonchev–Trinajstić information content (AvgIpc) is 3.29. The Kier molecular flexibility index (Phi) is 6.60. The van der Waals surface area contributed by atoms with Gasteiger partial charge in [0.15, 0.2) is 16.6 Å². The number of cyclic esters (lactones) is 1. The lowest BCUT2D eigenvalue weighted by molar-refractivity contribution is -0.149. The topological polar surface area (TPSA) is 219 Å². The molecule has 0 spiro atoms. The number of hydrogen-bond acceptors (Lipinski definition) is 12. The number of Topliss-reactive ketones (excluding diaryl/α,β-unsaturated/α-hetero) is 1. The van der Waals surface area contributed by atoms with Gasteiger partial charge in [0, 0.05) is 18.3 Å². The number of carboxylic acids is 1. The number of carboxylic acid groups (broad SMARTS) is 1. The summed E-state index contributed by atoms with van der Waals surface area (Å²) in [6, 6.07) is -1.23. The lowest BCUT2D eigenvalue weighted by atomic mass is 9.84. The number of hydrogen-bond donors (Lipinski definition) is 3. The molecule has 1 aromatic heterocycles. The molecule has 2 amide bonds. The van der Waals surface area contributed by atoms with Crippen LogP contribution in [0.4, 0.5) is 9.93 Å². The minimum atomic E-state index is -4.94. The maximum absolute atomic E-state index is 12.9. The fraction of sp³-hybridized carbons (Fsp3) is 0.467. The van der Waals surface area contributed by atoms with Crippen LogP contribution in [0.3, 0.4) is 0 Å². The van der Waals surface area contributed by atoms with Crippen molar-refractivity contribution < 1.29 is 46.8 Å². The van der Waals surface area contributed by atoms with Crippen LogP contribution in [0.15, 0.2) is 10.5 Å². The van der Waals surface area contributed by atoms with Gasteiger partial charge in [-0.1, -0.05) is 5.16 Å². The van der Waals surface area contributed by atoms with Crippen molar-refractivity contribution in [3.63, 3.8) is 0 Å². The van der Waals surface area contributed by atoms with Crippen molar-refractivity contribution in [3.8, 4) is 0 Å². The van der Waals surface area contributed by atoms with Gasteiger partial charge in [-0.3, -0.25) is 14.1 Å². The second kappa shape index (κ2) is 9.05. The van der Waals surface area contributed by atoms with Crippen molar-refractivity contribution in [2.45, 2.75) is 12.5 Å².